The van der Waals surface area contributed by atoms with Crippen LogP contribution in [0.1, 0.15) is 12.8 Å². The van der Waals surface area contributed by atoms with Gasteiger partial charge in [0.25, 0.3) is 0 Å². The maximum atomic E-state index is 13.2. The number of piperidine rings is 1. The van der Waals surface area contributed by atoms with Crippen LogP contribution < -0.4 is 10.2 Å². The molecule has 0 saturated carbocycles. The third-order valence-corrected chi connectivity index (χ3v) is 3.93. The van der Waals surface area contributed by atoms with E-state index in [4.69, 9.17) is 0 Å². The van der Waals surface area contributed by atoms with Crippen LogP contribution in [-0.4, -0.2) is 24.0 Å². The van der Waals surface area contributed by atoms with Crippen LogP contribution in [0.5, 0.6) is 0 Å². The van der Waals surface area contributed by atoms with Crippen molar-refractivity contribution in [1.82, 2.24) is 4.98 Å². The van der Waals surface area contributed by atoms with E-state index in [1.54, 1.807) is 12.1 Å². The summed E-state index contributed by atoms with van der Waals surface area (Å²) in [4.78, 5) is 18.2. The fraction of sp³-hybridized carbons (Fsp3) is 0.294. The zero-order chi connectivity index (χ0) is 15.4. The molecule has 1 aromatic carbocycles. The van der Waals surface area contributed by atoms with Gasteiger partial charge in [-0.05, 0) is 37.1 Å². The van der Waals surface area contributed by atoms with Crippen molar-refractivity contribution in [3.8, 4) is 0 Å². The molecule has 114 valence electrons. The van der Waals surface area contributed by atoms with E-state index in [1.165, 1.54) is 6.07 Å². The predicted molar refractivity (Wildman–Crippen MR) is 84.2 cm³/mol. The Morgan fingerprint density at radius 1 is 1.09 bits per heavy atom. The van der Waals surface area contributed by atoms with Crippen molar-refractivity contribution in [3.05, 3.63) is 54.5 Å². The molecule has 1 amide bonds. The molecule has 0 unspecified atom stereocenters. The molecule has 3 rings (SSSR count). The summed E-state index contributed by atoms with van der Waals surface area (Å²) in [5.41, 5.74) is 0.821. The molecule has 1 aliphatic heterocycles. The lowest BCUT2D eigenvalue weighted by atomic mass is 9.96. The molecular weight excluding hydrogens is 281 g/mol. The minimum absolute atomic E-state index is 0.00925. The van der Waals surface area contributed by atoms with Crippen molar-refractivity contribution in [2.45, 2.75) is 12.8 Å². The zero-order valence-electron chi connectivity index (χ0n) is 12.2. The van der Waals surface area contributed by atoms with Gasteiger partial charge in [0.05, 0.1) is 0 Å². The molecule has 0 radical (unpaired) electrons. The number of halogens is 1. The standard InChI is InChI=1S/C17H18FN3O/c18-15-7-4-8-16(20-15)21-11-9-13(10-12-21)17(22)19-14-5-2-1-3-6-14/h1-8,13H,9-12H2,(H,19,22). The normalized spacial score (nSPS) is 15.6. The third-order valence-electron chi connectivity index (χ3n) is 3.93. The van der Waals surface area contributed by atoms with Gasteiger partial charge in [-0.2, -0.15) is 4.39 Å². The van der Waals surface area contributed by atoms with Gasteiger partial charge in [0.1, 0.15) is 5.82 Å². The highest BCUT2D eigenvalue weighted by Gasteiger charge is 2.25. The number of anilines is 2. The van der Waals surface area contributed by atoms with Gasteiger partial charge < -0.3 is 10.2 Å². The second-order valence-electron chi connectivity index (χ2n) is 5.44. The van der Waals surface area contributed by atoms with E-state index in [2.05, 4.69) is 10.3 Å². The summed E-state index contributed by atoms with van der Waals surface area (Å²) < 4.78 is 13.2. The average Bonchev–Trinajstić information content (AvgIpc) is 2.56. The monoisotopic (exact) mass is 299 g/mol. The van der Waals surface area contributed by atoms with Crippen molar-refractivity contribution in [2.75, 3.05) is 23.3 Å². The molecule has 0 atom stereocenters. The van der Waals surface area contributed by atoms with Gasteiger partial charge in [-0.1, -0.05) is 24.3 Å². The second kappa shape index (κ2) is 6.56. The number of para-hydroxylation sites is 1. The van der Waals surface area contributed by atoms with Gasteiger partial charge in [-0.15, -0.1) is 0 Å². The van der Waals surface area contributed by atoms with Gasteiger partial charge >= 0.3 is 0 Å². The van der Waals surface area contributed by atoms with Crippen LogP contribution >= 0.6 is 0 Å². The summed E-state index contributed by atoms with van der Waals surface area (Å²) in [7, 11) is 0. The van der Waals surface area contributed by atoms with Gasteiger partial charge in [0.15, 0.2) is 0 Å². The fourth-order valence-electron chi connectivity index (χ4n) is 2.71. The maximum Gasteiger partial charge on any atom is 0.227 e. The molecule has 1 aromatic heterocycles. The number of carbonyl (C=O) groups excluding carboxylic acids is 1. The van der Waals surface area contributed by atoms with Gasteiger partial charge in [0, 0.05) is 24.7 Å². The lowest BCUT2D eigenvalue weighted by Gasteiger charge is -2.32. The Morgan fingerprint density at radius 2 is 1.82 bits per heavy atom. The number of carbonyl (C=O) groups is 1. The first-order valence-electron chi connectivity index (χ1n) is 7.46. The Labute approximate surface area is 129 Å². The Kier molecular flexibility index (Phi) is 4.32. The third kappa shape index (κ3) is 3.42. The molecular formula is C17H18FN3O. The molecule has 5 heteroatoms. The van der Waals surface area contributed by atoms with E-state index in [-0.39, 0.29) is 11.8 Å². The van der Waals surface area contributed by atoms with E-state index in [9.17, 15) is 9.18 Å². The molecule has 0 bridgehead atoms. The van der Waals surface area contributed by atoms with Crippen molar-refractivity contribution in [3.63, 3.8) is 0 Å². The number of amides is 1. The van der Waals surface area contributed by atoms with Crippen LogP contribution in [-0.2, 0) is 4.79 Å². The van der Waals surface area contributed by atoms with Crippen LogP contribution in [0.4, 0.5) is 15.9 Å². The summed E-state index contributed by atoms with van der Waals surface area (Å²) in [6.07, 6.45) is 1.49. The van der Waals surface area contributed by atoms with Crippen molar-refractivity contribution >= 4 is 17.4 Å². The average molecular weight is 299 g/mol. The van der Waals surface area contributed by atoms with Crippen molar-refractivity contribution in [2.24, 2.45) is 5.92 Å². The molecule has 22 heavy (non-hydrogen) atoms. The first-order chi connectivity index (χ1) is 10.7. The zero-order valence-corrected chi connectivity index (χ0v) is 12.2. The number of hydrogen-bond donors (Lipinski definition) is 1. The number of benzene rings is 1. The number of nitrogens with zero attached hydrogens (tertiary/aromatic N) is 2. The largest absolute Gasteiger partial charge is 0.356 e. The number of hydrogen-bond acceptors (Lipinski definition) is 3. The van der Waals surface area contributed by atoms with E-state index >= 15 is 0 Å². The van der Waals surface area contributed by atoms with E-state index in [0.29, 0.717) is 18.9 Å². The fourth-order valence-corrected chi connectivity index (χ4v) is 2.71. The van der Waals surface area contributed by atoms with Gasteiger partial charge in [-0.3, -0.25) is 4.79 Å². The Hall–Kier alpha value is -2.43. The van der Waals surface area contributed by atoms with Crippen LogP contribution in [0.2, 0.25) is 0 Å². The van der Waals surface area contributed by atoms with E-state index in [1.807, 2.05) is 35.2 Å². The SMILES string of the molecule is O=C(Nc1ccccc1)C1CCN(c2cccc(F)n2)CC1. The highest BCUT2D eigenvalue weighted by molar-refractivity contribution is 5.92. The highest BCUT2D eigenvalue weighted by atomic mass is 19.1. The predicted octanol–water partition coefficient (Wildman–Crippen LogP) is 3.08. The summed E-state index contributed by atoms with van der Waals surface area (Å²) in [6, 6.07) is 14.3. The first kappa shape index (κ1) is 14.5. The summed E-state index contributed by atoms with van der Waals surface area (Å²) in [5.74, 6) is 0.214. The number of pyridine rings is 1. The van der Waals surface area contributed by atoms with Gasteiger partial charge in [0.2, 0.25) is 11.9 Å². The molecule has 1 aliphatic rings. The quantitative estimate of drug-likeness (QED) is 0.886. The summed E-state index contributed by atoms with van der Waals surface area (Å²) in [5, 5.41) is 2.94. The van der Waals surface area contributed by atoms with Crippen LogP contribution in [0.25, 0.3) is 0 Å². The van der Waals surface area contributed by atoms with Crippen LogP contribution in [0.15, 0.2) is 48.5 Å². The molecule has 0 aliphatic carbocycles. The molecule has 4 nitrogen and oxygen atoms in total. The highest BCUT2D eigenvalue weighted by Crippen LogP contribution is 2.23. The van der Waals surface area contributed by atoms with Gasteiger partial charge in [-0.25, -0.2) is 4.98 Å². The summed E-state index contributed by atoms with van der Waals surface area (Å²) >= 11 is 0. The Balaban J connectivity index is 1.56. The van der Waals surface area contributed by atoms with E-state index < -0.39 is 5.95 Å². The Bertz CT molecular complexity index is 639. The minimum Gasteiger partial charge on any atom is -0.356 e. The molecule has 1 N–H and O–H groups in total. The lowest BCUT2D eigenvalue weighted by Crippen LogP contribution is -2.38. The molecule has 1 fully saturated rings. The topological polar surface area (TPSA) is 45.2 Å². The Morgan fingerprint density at radius 3 is 2.50 bits per heavy atom. The second-order valence-corrected chi connectivity index (χ2v) is 5.44. The smallest absolute Gasteiger partial charge is 0.227 e. The van der Waals surface area contributed by atoms with E-state index in [0.717, 1.165) is 18.5 Å². The summed E-state index contributed by atoms with van der Waals surface area (Å²) in [6.45, 7) is 1.42. The lowest BCUT2D eigenvalue weighted by molar-refractivity contribution is -0.120. The number of rotatable bonds is 3. The van der Waals surface area contributed by atoms with Crippen LogP contribution in [0, 0.1) is 11.9 Å². The molecule has 2 aromatic rings. The maximum absolute atomic E-state index is 13.2. The van der Waals surface area contributed by atoms with Crippen molar-refractivity contribution in [1.29, 1.82) is 0 Å². The number of nitrogens with one attached hydrogen (secondary N) is 1. The number of aromatic nitrogens is 1. The minimum atomic E-state index is -0.471. The molecule has 0 spiro atoms. The van der Waals surface area contributed by atoms with Crippen molar-refractivity contribution < 1.29 is 9.18 Å². The van der Waals surface area contributed by atoms with Crippen LogP contribution in [0.3, 0.4) is 0 Å². The molecule has 1 saturated heterocycles. The molecule has 2 heterocycles. The first-order valence-corrected chi connectivity index (χ1v) is 7.46.